The highest BCUT2D eigenvalue weighted by Gasteiger charge is 2.17. The number of ether oxygens (including phenoxy) is 1. The highest BCUT2D eigenvalue weighted by atomic mass is 16.5. The van der Waals surface area contributed by atoms with Crippen LogP contribution in [0, 0.1) is 0 Å². The van der Waals surface area contributed by atoms with Gasteiger partial charge in [-0.05, 0) is 24.6 Å². The molecule has 1 aromatic heterocycles. The molecular weight excluding hydrogens is 356 g/mol. The maximum Gasteiger partial charge on any atom is 0.276 e. The van der Waals surface area contributed by atoms with Gasteiger partial charge in [-0.25, -0.2) is 4.68 Å². The van der Waals surface area contributed by atoms with E-state index in [4.69, 9.17) is 10.5 Å². The van der Waals surface area contributed by atoms with Crippen molar-refractivity contribution in [1.29, 1.82) is 0 Å². The summed E-state index contributed by atoms with van der Waals surface area (Å²) in [6.07, 6.45) is 2.85. The highest BCUT2D eigenvalue weighted by molar-refractivity contribution is 6.12. The van der Waals surface area contributed by atoms with Gasteiger partial charge in [0, 0.05) is 18.0 Å². The number of unbranched alkanes of at least 4 members (excludes halogenated alkanes) is 2. The molecule has 28 heavy (non-hydrogen) atoms. The Morgan fingerprint density at radius 2 is 1.93 bits per heavy atom. The minimum absolute atomic E-state index is 0.189. The fourth-order valence-corrected chi connectivity index (χ4v) is 3.02. The quantitative estimate of drug-likeness (QED) is 0.483. The number of carbonyl (C=O) groups is 1. The van der Waals surface area contributed by atoms with Crippen molar-refractivity contribution in [2.45, 2.75) is 32.7 Å². The van der Waals surface area contributed by atoms with E-state index in [1.54, 1.807) is 49.6 Å². The lowest BCUT2D eigenvalue weighted by molar-refractivity contribution is 0.102. The van der Waals surface area contributed by atoms with E-state index in [0.29, 0.717) is 34.4 Å². The van der Waals surface area contributed by atoms with E-state index in [9.17, 15) is 9.59 Å². The number of nitrogen functional groups attached to an aromatic ring is 1. The Bertz CT molecular complexity index is 1060. The van der Waals surface area contributed by atoms with Crippen LogP contribution in [0.4, 0.5) is 11.4 Å². The molecule has 0 fully saturated rings. The first-order chi connectivity index (χ1) is 13.5. The molecule has 0 aliphatic heterocycles. The summed E-state index contributed by atoms with van der Waals surface area (Å²) in [6, 6.07) is 12.0. The minimum atomic E-state index is -0.430. The Morgan fingerprint density at radius 3 is 2.64 bits per heavy atom. The van der Waals surface area contributed by atoms with Crippen molar-refractivity contribution < 1.29 is 9.53 Å². The van der Waals surface area contributed by atoms with E-state index in [1.807, 2.05) is 0 Å². The number of fused-ring (bicyclic) bond motifs is 1. The van der Waals surface area contributed by atoms with Gasteiger partial charge in [-0.2, -0.15) is 5.10 Å². The number of aromatic nitrogens is 2. The van der Waals surface area contributed by atoms with Crippen molar-refractivity contribution >= 4 is 28.1 Å². The number of carbonyl (C=O) groups excluding carboxylic acids is 1. The molecule has 0 bridgehead atoms. The number of benzene rings is 2. The van der Waals surface area contributed by atoms with Gasteiger partial charge in [0.05, 0.1) is 23.9 Å². The summed E-state index contributed by atoms with van der Waals surface area (Å²) < 4.78 is 6.57. The molecule has 0 radical (unpaired) electrons. The minimum Gasteiger partial charge on any atom is -0.497 e. The number of methoxy groups -OCH3 is 1. The van der Waals surface area contributed by atoms with Crippen LogP contribution in [0.25, 0.3) is 10.8 Å². The number of rotatable bonds is 7. The lowest BCUT2D eigenvalue weighted by Crippen LogP contribution is -2.28. The van der Waals surface area contributed by atoms with Crippen LogP contribution in [-0.2, 0) is 6.54 Å². The molecule has 0 saturated heterocycles. The molecule has 146 valence electrons. The summed E-state index contributed by atoms with van der Waals surface area (Å²) in [5, 5.41) is 8.13. The Labute approximate surface area is 163 Å². The smallest absolute Gasteiger partial charge is 0.276 e. The van der Waals surface area contributed by atoms with Crippen LogP contribution in [0.15, 0.2) is 47.3 Å². The van der Waals surface area contributed by atoms with E-state index < -0.39 is 5.91 Å². The maximum atomic E-state index is 13.0. The number of aryl methyl sites for hydroxylation is 1. The maximum absolute atomic E-state index is 13.0. The Morgan fingerprint density at radius 1 is 1.18 bits per heavy atom. The van der Waals surface area contributed by atoms with E-state index in [-0.39, 0.29) is 11.3 Å². The van der Waals surface area contributed by atoms with Crippen LogP contribution in [0.5, 0.6) is 5.75 Å². The highest BCUT2D eigenvalue weighted by Crippen LogP contribution is 2.25. The standard InChI is InChI=1S/C21H24N4O3/c1-3-4-7-12-25-21(27)16-9-6-5-8-15(16)19(24-25)20(26)23-18-13-14(28-2)10-11-17(18)22/h5-6,8-11,13H,3-4,7,12,22H2,1-2H3,(H,23,26). The zero-order valence-corrected chi connectivity index (χ0v) is 16.1. The molecule has 3 rings (SSSR count). The van der Waals surface area contributed by atoms with Gasteiger partial charge in [-0.1, -0.05) is 38.0 Å². The summed E-state index contributed by atoms with van der Waals surface area (Å²) in [5.74, 6) is 0.146. The third kappa shape index (κ3) is 3.98. The van der Waals surface area contributed by atoms with Gasteiger partial charge in [0.1, 0.15) is 5.75 Å². The molecule has 0 saturated carbocycles. The van der Waals surface area contributed by atoms with Crippen LogP contribution in [0.2, 0.25) is 0 Å². The second-order valence-electron chi connectivity index (χ2n) is 6.54. The molecule has 0 aliphatic carbocycles. The van der Waals surface area contributed by atoms with Gasteiger partial charge in [-0.3, -0.25) is 9.59 Å². The van der Waals surface area contributed by atoms with Gasteiger partial charge in [-0.15, -0.1) is 0 Å². The lowest BCUT2D eigenvalue weighted by atomic mass is 10.1. The monoisotopic (exact) mass is 380 g/mol. The summed E-state index contributed by atoms with van der Waals surface area (Å²) in [4.78, 5) is 25.7. The predicted molar refractivity (Wildman–Crippen MR) is 111 cm³/mol. The zero-order valence-electron chi connectivity index (χ0n) is 16.1. The van der Waals surface area contributed by atoms with Gasteiger partial charge < -0.3 is 15.8 Å². The second-order valence-corrected chi connectivity index (χ2v) is 6.54. The molecule has 0 spiro atoms. The first-order valence-electron chi connectivity index (χ1n) is 9.30. The zero-order chi connectivity index (χ0) is 20.1. The van der Waals surface area contributed by atoms with Crippen molar-refractivity contribution in [1.82, 2.24) is 9.78 Å². The predicted octanol–water partition coefficient (Wildman–Crippen LogP) is 3.43. The summed E-state index contributed by atoms with van der Waals surface area (Å²) in [6.45, 7) is 2.56. The average Bonchev–Trinajstić information content (AvgIpc) is 2.71. The largest absolute Gasteiger partial charge is 0.497 e. The van der Waals surface area contributed by atoms with E-state index in [1.165, 1.54) is 4.68 Å². The second kappa shape index (κ2) is 8.56. The number of nitrogens with zero attached hydrogens (tertiary/aromatic N) is 2. The molecule has 7 heteroatoms. The van der Waals surface area contributed by atoms with Crippen LogP contribution < -0.4 is 21.3 Å². The lowest BCUT2D eigenvalue weighted by Gasteiger charge is -2.13. The topological polar surface area (TPSA) is 99.2 Å². The van der Waals surface area contributed by atoms with Gasteiger partial charge in [0.15, 0.2) is 5.69 Å². The first kappa shape index (κ1) is 19.4. The SMILES string of the molecule is CCCCCn1nc(C(=O)Nc2cc(OC)ccc2N)c2ccccc2c1=O. The van der Waals surface area contributed by atoms with Gasteiger partial charge in [0.2, 0.25) is 0 Å². The fourth-order valence-electron chi connectivity index (χ4n) is 3.02. The number of hydrogen-bond donors (Lipinski definition) is 2. The van der Waals surface area contributed by atoms with Crippen LogP contribution >= 0.6 is 0 Å². The molecule has 0 unspecified atom stereocenters. The molecule has 1 amide bonds. The molecule has 3 N–H and O–H groups in total. The molecule has 1 heterocycles. The van der Waals surface area contributed by atoms with Crippen molar-refractivity contribution in [2.75, 3.05) is 18.2 Å². The van der Waals surface area contributed by atoms with Crippen molar-refractivity contribution in [3.63, 3.8) is 0 Å². The summed E-state index contributed by atoms with van der Waals surface area (Å²) >= 11 is 0. The molecule has 2 aromatic carbocycles. The Hall–Kier alpha value is -3.35. The molecule has 3 aromatic rings. The summed E-state index contributed by atoms with van der Waals surface area (Å²) in [7, 11) is 1.54. The molecular formula is C21H24N4O3. The number of hydrogen-bond acceptors (Lipinski definition) is 5. The molecule has 7 nitrogen and oxygen atoms in total. The molecule has 0 aliphatic rings. The van der Waals surface area contributed by atoms with Crippen molar-refractivity contribution in [3.05, 3.63) is 58.5 Å². The Kier molecular flexibility index (Phi) is 5.93. The van der Waals surface area contributed by atoms with Gasteiger partial charge >= 0.3 is 0 Å². The number of anilines is 2. The normalized spacial score (nSPS) is 10.8. The fraction of sp³-hybridized carbons (Fsp3) is 0.286. The van der Waals surface area contributed by atoms with Crippen molar-refractivity contribution in [3.8, 4) is 5.75 Å². The average molecular weight is 380 g/mol. The van der Waals surface area contributed by atoms with Crippen molar-refractivity contribution in [2.24, 2.45) is 0 Å². The van der Waals surface area contributed by atoms with E-state index in [2.05, 4.69) is 17.3 Å². The van der Waals surface area contributed by atoms with Gasteiger partial charge in [0.25, 0.3) is 11.5 Å². The van der Waals surface area contributed by atoms with Crippen LogP contribution in [-0.4, -0.2) is 22.8 Å². The Balaban J connectivity index is 2.02. The number of amides is 1. The van der Waals surface area contributed by atoms with E-state index in [0.717, 1.165) is 19.3 Å². The third-order valence-corrected chi connectivity index (χ3v) is 4.56. The third-order valence-electron chi connectivity index (χ3n) is 4.56. The van der Waals surface area contributed by atoms with Crippen LogP contribution in [0.3, 0.4) is 0 Å². The summed E-state index contributed by atoms with van der Waals surface area (Å²) in [5.41, 5.74) is 6.81. The van der Waals surface area contributed by atoms with E-state index >= 15 is 0 Å². The molecule has 0 atom stereocenters. The number of nitrogens with two attached hydrogens (primary N) is 1. The van der Waals surface area contributed by atoms with Crippen LogP contribution in [0.1, 0.15) is 36.7 Å². The number of nitrogens with one attached hydrogen (secondary N) is 1. The first-order valence-corrected chi connectivity index (χ1v) is 9.30.